The molecule has 13 heteroatoms. The SMILES string of the molecule is C=CC(=O)N1CCN(c2ccc3ncnc(Nc4ccc(Oc5cc(F)c6c(c5)nnn6C)c(C)c4F)c3n2)C[C@@H]1C1CC1. The summed E-state index contributed by atoms with van der Waals surface area (Å²) in [6.45, 7) is 7.12. The number of anilines is 3. The Morgan fingerprint density at radius 1 is 1.11 bits per heavy atom. The van der Waals surface area contributed by atoms with Crippen molar-refractivity contribution in [3.05, 3.63) is 72.6 Å². The molecule has 1 saturated carbocycles. The van der Waals surface area contributed by atoms with Gasteiger partial charge in [0.25, 0.3) is 0 Å². The molecule has 11 nitrogen and oxygen atoms in total. The first-order valence-corrected chi connectivity index (χ1v) is 14.3. The van der Waals surface area contributed by atoms with Crippen molar-refractivity contribution >= 4 is 45.3 Å². The van der Waals surface area contributed by atoms with Crippen LogP contribution in [-0.2, 0) is 11.8 Å². The number of carbonyl (C=O) groups is 1. The number of rotatable bonds is 7. The first kappa shape index (κ1) is 27.6. The maximum Gasteiger partial charge on any atom is 0.246 e. The Morgan fingerprint density at radius 3 is 2.75 bits per heavy atom. The molecular formula is C31H29F2N9O2. The van der Waals surface area contributed by atoms with E-state index < -0.39 is 11.6 Å². The summed E-state index contributed by atoms with van der Waals surface area (Å²) in [4.78, 5) is 30.1. The van der Waals surface area contributed by atoms with Gasteiger partial charge in [-0.15, -0.1) is 5.10 Å². The highest BCUT2D eigenvalue weighted by Crippen LogP contribution is 2.38. The predicted octanol–water partition coefficient (Wildman–Crippen LogP) is 5.04. The highest BCUT2D eigenvalue weighted by molar-refractivity contribution is 5.89. The van der Waals surface area contributed by atoms with E-state index in [4.69, 9.17) is 9.72 Å². The fourth-order valence-electron chi connectivity index (χ4n) is 5.80. The number of piperazine rings is 1. The normalized spacial score (nSPS) is 16.9. The molecule has 1 atom stereocenters. The van der Waals surface area contributed by atoms with Crippen LogP contribution in [0, 0.1) is 24.5 Å². The van der Waals surface area contributed by atoms with E-state index in [-0.39, 0.29) is 40.2 Å². The van der Waals surface area contributed by atoms with Gasteiger partial charge in [-0.2, -0.15) is 0 Å². The van der Waals surface area contributed by atoms with Gasteiger partial charge in [0.1, 0.15) is 40.2 Å². The molecule has 2 aromatic carbocycles. The lowest BCUT2D eigenvalue weighted by Gasteiger charge is -2.42. The lowest BCUT2D eigenvalue weighted by atomic mass is 10.1. The minimum Gasteiger partial charge on any atom is -0.457 e. The van der Waals surface area contributed by atoms with Crippen LogP contribution in [0.25, 0.3) is 22.1 Å². The number of hydrogen-bond donors (Lipinski definition) is 1. The number of nitrogens with zero attached hydrogens (tertiary/aromatic N) is 8. The van der Waals surface area contributed by atoms with Gasteiger partial charge in [-0.05, 0) is 56.0 Å². The number of hydrogen-bond acceptors (Lipinski definition) is 9. The molecule has 2 aliphatic rings. The smallest absolute Gasteiger partial charge is 0.246 e. The van der Waals surface area contributed by atoms with E-state index in [1.54, 1.807) is 26.1 Å². The van der Waals surface area contributed by atoms with Crippen LogP contribution < -0.4 is 15.0 Å². The van der Waals surface area contributed by atoms with E-state index >= 15 is 4.39 Å². The maximum atomic E-state index is 15.7. The molecule has 1 aliphatic heterocycles. The standard InChI is InChI=1S/C31H29F2N9O2/c1-4-27(43)42-12-11-41(15-24(42)18-5-6-18)26-10-8-22-29(37-26)31(35-16-34-22)36-21-7-9-25(17(2)28(21)33)44-19-13-20(32)30-23(14-19)38-39-40(30)3/h4,7-10,13-14,16,18,24H,1,5-6,11-12,15H2,2-3H3,(H,34,35,36)/t24-/m1/s1. The molecule has 7 rings (SSSR count). The van der Waals surface area contributed by atoms with Crippen LogP contribution in [-0.4, -0.2) is 66.4 Å². The van der Waals surface area contributed by atoms with Crippen molar-refractivity contribution in [1.29, 1.82) is 0 Å². The molecule has 1 aliphatic carbocycles. The molecule has 5 aromatic rings. The van der Waals surface area contributed by atoms with Crippen molar-refractivity contribution in [1.82, 2.24) is 34.8 Å². The number of carbonyl (C=O) groups excluding carboxylic acids is 1. The Morgan fingerprint density at radius 2 is 1.95 bits per heavy atom. The third kappa shape index (κ3) is 4.93. The van der Waals surface area contributed by atoms with Crippen LogP contribution in [0.4, 0.5) is 26.1 Å². The van der Waals surface area contributed by atoms with Gasteiger partial charge >= 0.3 is 0 Å². The van der Waals surface area contributed by atoms with Gasteiger partial charge in [-0.3, -0.25) is 4.79 Å². The predicted molar refractivity (Wildman–Crippen MR) is 161 cm³/mol. The van der Waals surface area contributed by atoms with E-state index in [0.29, 0.717) is 47.9 Å². The molecule has 2 fully saturated rings. The first-order valence-electron chi connectivity index (χ1n) is 14.3. The number of aryl methyl sites for hydroxylation is 1. The molecule has 3 aromatic heterocycles. The van der Waals surface area contributed by atoms with Gasteiger partial charge in [-0.1, -0.05) is 11.8 Å². The van der Waals surface area contributed by atoms with Gasteiger partial charge in [-0.25, -0.2) is 28.4 Å². The van der Waals surface area contributed by atoms with Gasteiger partial charge in [0.2, 0.25) is 5.91 Å². The van der Waals surface area contributed by atoms with Crippen LogP contribution in [0.2, 0.25) is 0 Å². The van der Waals surface area contributed by atoms with Crippen molar-refractivity contribution < 1.29 is 18.3 Å². The third-order valence-corrected chi connectivity index (χ3v) is 8.28. The number of benzene rings is 2. The molecule has 4 heterocycles. The highest BCUT2D eigenvalue weighted by atomic mass is 19.1. The number of ether oxygens (including phenoxy) is 1. The lowest BCUT2D eigenvalue weighted by molar-refractivity contribution is -0.129. The molecule has 1 N–H and O–H groups in total. The van der Waals surface area contributed by atoms with Gasteiger partial charge in [0, 0.05) is 44.4 Å². The summed E-state index contributed by atoms with van der Waals surface area (Å²) in [5, 5.41) is 10.8. The van der Waals surface area contributed by atoms with Gasteiger partial charge in [0.15, 0.2) is 17.5 Å². The molecule has 1 amide bonds. The zero-order chi connectivity index (χ0) is 30.5. The fraction of sp³-hybridized carbons (Fsp3) is 0.290. The second kappa shape index (κ2) is 10.8. The summed E-state index contributed by atoms with van der Waals surface area (Å²) in [6.07, 6.45) is 4.99. The van der Waals surface area contributed by atoms with Crippen LogP contribution in [0.3, 0.4) is 0 Å². The average Bonchev–Trinajstić information content (AvgIpc) is 3.82. The van der Waals surface area contributed by atoms with E-state index in [9.17, 15) is 9.18 Å². The molecule has 224 valence electrons. The van der Waals surface area contributed by atoms with Crippen molar-refractivity contribution in [2.24, 2.45) is 13.0 Å². The van der Waals surface area contributed by atoms with Crippen molar-refractivity contribution in [2.45, 2.75) is 25.8 Å². The molecule has 44 heavy (non-hydrogen) atoms. The Bertz CT molecular complexity index is 1940. The summed E-state index contributed by atoms with van der Waals surface area (Å²) in [5.74, 6) is 0.826. The van der Waals surface area contributed by atoms with E-state index in [0.717, 1.165) is 18.7 Å². The second-order valence-electron chi connectivity index (χ2n) is 11.1. The summed E-state index contributed by atoms with van der Waals surface area (Å²) in [6, 6.07) is 9.78. The molecular weight excluding hydrogens is 568 g/mol. The van der Waals surface area contributed by atoms with E-state index in [1.165, 1.54) is 29.2 Å². The Kier molecular flexibility index (Phi) is 6.79. The zero-order valence-corrected chi connectivity index (χ0v) is 24.2. The summed E-state index contributed by atoms with van der Waals surface area (Å²) < 4.78 is 37.5. The minimum absolute atomic E-state index is 0.0413. The fourth-order valence-corrected chi connectivity index (χ4v) is 5.80. The summed E-state index contributed by atoms with van der Waals surface area (Å²) in [5.41, 5.74) is 2.06. The number of pyridine rings is 1. The second-order valence-corrected chi connectivity index (χ2v) is 11.1. The summed E-state index contributed by atoms with van der Waals surface area (Å²) >= 11 is 0. The Balaban J connectivity index is 1.14. The minimum atomic E-state index is -0.554. The van der Waals surface area contributed by atoms with Gasteiger partial charge in [0.05, 0.1) is 17.2 Å². The van der Waals surface area contributed by atoms with Crippen LogP contribution in [0.1, 0.15) is 18.4 Å². The monoisotopic (exact) mass is 597 g/mol. The zero-order valence-electron chi connectivity index (χ0n) is 24.2. The first-order chi connectivity index (χ1) is 21.3. The van der Waals surface area contributed by atoms with Crippen molar-refractivity contribution in [3.63, 3.8) is 0 Å². The topological polar surface area (TPSA) is 114 Å². The molecule has 0 bridgehead atoms. The van der Waals surface area contributed by atoms with E-state index in [1.807, 2.05) is 17.0 Å². The van der Waals surface area contributed by atoms with Crippen molar-refractivity contribution in [3.8, 4) is 11.5 Å². The van der Waals surface area contributed by atoms with Crippen LogP contribution in [0.15, 0.2) is 55.4 Å². The average molecular weight is 598 g/mol. The maximum absolute atomic E-state index is 15.7. The quantitative estimate of drug-likeness (QED) is 0.258. The molecule has 0 spiro atoms. The number of aromatic nitrogens is 6. The van der Waals surface area contributed by atoms with E-state index in [2.05, 4.69) is 37.1 Å². The number of halogens is 2. The third-order valence-electron chi connectivity index (χ3n) is 8.28. The van der Waals surface area contributed by atoms with Gasteiger partial charge < -0.3 is 19.9 Å². The van der Waals surface area contributed by atoms with Crippen LogP contribution in [0.5, 0.6) is 11.5 Å². The Hall–Kier alpha value is -5.20. The highest BCUT2D eigenvalue weighted by Gasteiger charge is 2.40. The molecule has 0 radical (unpaired) electrons. The number of nitrogens with one attached hydrogen (secondary N) is 1. The van der Waals surface area contributed by atoms with Crippen molar-refractivity contribution in [2.75, 3.05) is 29.9 Å². The molecule has 0 unspecified atom stereocenters. The van der Waals surface area contributed by atoms with Crippen LogP contribution >= 0.6 is 0 Å². The number of amides is 1. The molecule has 1 saturated heterocycles. The lowest BCUT2D eigenvalue weighted by Crippen LogP contribution is -2.56. The number of fused-ring (bicyclic) bond motifs is 2. The Labute approximate surface area is 251 Å². The largest absolute Gasteiger partial charge is 0.457 e. The summed E-state index contributed by atoms with van der Waals surface area (Å²) in [7, 11) is 1.60.